The van der Waals surface area contributed by atoms with Crippen LogP contribution in [0.2, 0.25) is 0 Å². The average molecular weight is 274 g/mol. The minimum Gasteiger partial charge on any atom is -0.549 e. The molecular formula is C11H14BrO3-. The van der Waals surface area contributed by atoms with Crippen LogP contribution in [0.5, 0.6) is 0 Å². The first-order chi connectivity index (χ1) is 6.72. The van der Waals surface area contributed by atoms with Crippen LogP contribution in [0.3, 0.4) is 0 Å². The van der Waals surface area contributed by atoms with Gasteiger partial charge in [0, 0.05) is 16.8 Å². The zero-order valence-electron chi connectivity index (χ0n) is 9.09. The minimum atomic E-state index is -1.09. The number of carboxylic acid groups (broad SMARTS) is 1. The summed E-state index contributed by atoms with van der Waals surface area (Å²) in [5, 5.41) is 11.4. The maximum atomic E-state index is 12.1. The van der Waals surface area contributed by atoms with Gasteiger partial charge in [0.25, 0.3) is 0 Å². The molecule has 0 unspecified atom stereocenters. The Balaban J connectivity index is 2.68. The molecule has 3 atom stereocenters. The third-order valence-electron chi connectivity index (χ3n) is 5.08. The molecule has 0 aliphatic heterocycles. The van der Waals surface area contributed by atoms with Gasteiger partial charge in [-0.2, -0.15) is 0 Å². The van der Waals surface area contributed by atoms with E-state index in [1.165, 1.54) is 0 Å². The number of aliphatic carboxylic acids is 1. The van der Waals surface area contributed by atoms with E-state index in [0.717, 1.165) is 0 Å². The molecule has 15 heavy (non-hydrogen) atoms. The number of rotatable bonds is 1. The number of carbonyl (C=O) groups excluding carboxylic acids is 2. The van der Waals surface area contributed by atoms with E-state index in [0.29, 0.717) is 12.8 Å². The van der Waals surface area contributed by atoms with Crippen LogP contribution in [0, 0.1) is 16.2 Å². The summed E-state index contributed by atoms with van der Waals surface area (Å²) in [6.07, 6.45) is 1.18. The van der Waals surface area contributed by atoms with Gasteiger partial charge in [-0.25, -0.2) is 0 Å². The van der Waals surface area contributed by atoms with Crippen LogP contribution in [-0.2, 0) is 9.59 Å². The van der Waals surface area contributed by atoms with Crippen molar-refractivity contribution in [2.45, 2.75) is 38.4 Å². The summed E-state index contributed by atoms with van der Waals surface area (Å²) in [4.78, 5) is 22.9. The van der Waals surface area contributed by atoms with Gasteiger partial charge < -0.3 is 9.90 Å². The molecule has 0 N–H and O–H groups in total. The molecule has 0 aromatic rings. The van der Waals surface area contributed by atoms with E-state index < -0.39 is 27.0 Å². The second-order valence-corrected chi connectivity index (χ2v) is 6.36. The molecule has 2 aliphatic carbocycles. The number of fused-ring (bicyclic) bond motifs is 2. The van der Waals surface area contributed by atoms with E-state index >= 15 is 0 Å². The second-order valence-electron chi connectivity index (χ2n) is 5.44. The van der Waals surface area contributed by atoms with Crippen LogP contribution >= 0.6 is 15.9 Å². The Hall–Kier alpha value is -0.380. The van der Waals surface area contributed by atoms with Crippen LogP contribution in [0.1, 0.15) is 33.6 Å². The van der Waals surface area contributed by atoms with Crippen molar-refractivity contribution < 1.29 is 14.7 Å². The largest absolute Gasteiger partial charge is 0.549 e. The van der Waals surface area contributed by atoms with Crippen molar-refractivity contribution in [1.29, 1.82) is 0 Å². The number of alkyl halides is 1. The van der Waals surface area contributed by atoms with Crippen molar-refractivity contribution in [1.82, 2.24) is 0 Å². The Bertz CT molecular complexity index is 363. The molecule has 2 rings (SSSR count). The molecule has 0 heterocycles. The number of carbonyl (C=O) groups is 2. The average Bonchev–Trinajstić information content (AvgIpc) is 2.39. The van der Waals surface area contributed by atoms with Gasteiger partial charge in [-0.3, -0.25) is 4.79 Å². The number of ketones is 1. The lowest BCUT2D eigenvalue weighted by atomic mass is 9.65. The summed E-state index contributed by atoms with van der Waals surface area (Å²) in [7, 11) is 0. The molecule has 2 bridgehead atoms. The van der Waals surface area contributed by atoms with E-state index in [2.05, 4.69) is 15.9 Å². The van der Waals surface area contributed by atoms with E-state index in [4.69, 9.17) is 0 Å². The van der Waals surface area contributed by atoms with Gasteiger partial charge in [0.15, 0.2) is 5.78 Å². The first-order valence-electron chi connectivity index (χ1n) is 5.12. The molecule has 0 radical (unpaired) electrons. The lowest BCUT2D eigenvalue weighted by Crippen LogP contribution is -2.52. The van der Waals surface area contributed by atoms with Gasteiger partial charge in [0.2, 0.25) is 0 Å². The fourth-order valence-corrected chi connectivity index (χ4v) is 4.90. The quantitative estimate of drug-likeness (QED) is 0.667. The van der Waals surface area contributed by atoms with Crippen LogP contribution in [0.4, 0.5) is 0 Å². The first-order valence-corrected chi connectivity index (χ1v) is 6.03. The Kier molecular flexibility index (Phi) is 1.96. The van der Waals surface area contributed by atoms with Gasteiger partial charge in [-0.1, -0.05) is 36.7 Å². The van der Waals surface area contributed by atoms with Crippen molar-refractivity contribution in [2.75, 3.05) is 0 Å². The molecule has 3 nitrogen and oxygen atoms in total. The van der Waals surface area contributed by atoms with Crippen molar-refractivity contribution in [2.24, 2.45) is 16.2 Å². The number of carboxylic acids is 1. The van der Waals surface area contributed by atoms with E-state index in [1.54, 1.807) is 0 Å². The summed E-state index contributed by atoms with van der Waals surface area (Å²) < 4.78 is 0. The highest BCUT2D eigenvalue weighted by atomic mass is 79.9. The Morgan fingerprint density at radius 2 is 1.93 bits per heavy atom. The van der Waals surface area contributed by atoms with Gasteiger partial charge in [0.05, 0.1) is 4.83 Å². The highest BCUT2D eigenvalue weighted by Gasteiger charge is 2.74. The fraction of sp³-hybridized carbons (Fsp3) is 0.818. The van der Waals surface area contributed by atoms with Gasteiger partial charge in [-0.05, 0) is 18.3 Å². The number of hydrogen-bond acceptors (Lipinski definition) is 3. The predicted molar refractivity (Wildman–Crippen MR) is 56.3 cm³/mol. The molecule has 0 aromatic carbocycles. The Labute approximate surface area is 97.4 Å². The predicted octanol–water partition coefficient (Wildman–Crippen LogP) is 0.895. The standard InChI is InChI=1S/C11H15BrO3/c1-9(2)10(3)4-5-11(9,8(14)15)6(12)7(10)13/h6H,4-5H2,1-3H3,(H,14,15)/p-1/t6-,10+,11-/m0/s1. The summed E-state index contributed by atoms with van der Waals surface area (Å²) in [5.74, 6) is -1.08. The van der Waals surface area contributed by atoms with Gasteiger partial charge in [-0.15, -0.1) is 0 Å². The van der Waals surface area contributed by atoms with Crippen molar-refractivity contribution in [3.63, 3.8) is 0 Å². The molecular weight excluding hydrogens is 260 g/mol. The van der Waals surface area contributed by atoms with E-state index in [1.807, 2.05) is 20.8 Å². The van der Waals surface area contributed by atoms with Crippen LogP contribution in [0.15, 0.2) is 0 Å². The highest BCUT2D eigenvalue weighted by Crippen LogP contribution is 2.71. The topological polar surface area (TPSA) is 57.2 Å². The molecule has 0 amide bonds. The molecule has 84 valence electrons. The normalized spacial score (nSPS) is 47.2. The van der Waals surface area contributed by atoms with Crippen molar-refractivity contribution in [3.05, 3.63) is 0 Å². The number of halogens is 1. The SMILES string of the molecule is CC1(C)[C@]2(C)CC[C@@]1(C(=O)[O-])[C@@H](Br)C2=O. The zero-order valence-corrected chi connectivity index (χ0v) is 10.7. The summed E-state index contributed by atoms with van der Waals surface area (Å²) in [6.45, 7) is 5.62. The maximum Gasteiger partial charge on any atom is 0.153 e. The summed E-state index contributed by atoms with van der Waals surface area (Å²) >= 11 is 3.26. The van der Waals surface area contributed by atoms with Gasteiger partial charge in [0.1, 0.15) is 0 Å². The van der Waals surface area contributed by atoms with Crippen molar-refractivity contribution >= 4 is 27.7 Å². The zero-order chi connectivity index (χ0) is 11.6. The molecule has 4 heteroatoms. The van der Waals surface area contributed by atoms with Crippen LogP contribution < -0.4 is 5.11 Å². The molecule has 0 saturated heterocycles. The van der Waals surface area contributed by atoms with Crippen LogP contribution in [0.25, 0.3) is 0 Å². The molecule has 2 aliphatic rings. The number of Topliss-reactive ketones (excluding diaryl/α,β-unsaturated/α-hetero) is 1. The molecule has 0 spiro atoms. The molecule has 0 aromatic heterocycles. The van der Waals surface area contributed by atoms with E-state index in [-0.39, 0.29) is 5.78 Å². The van der Waals surface area contributed by atoms with Gasteiger partial charge >= 0.3 is 0 Å². The lowest BCUT2D eigenvalue weighted by molar-refractivity contribution is -0.322. The smallest absolute Gasteiger partial charge is 0.153 e. The maximum absolute atomic E-state index is 12.1. The minimum absolute atomic E-state index is 0.0166. The Morgan fingerprint density at radius 3 is 2.20 bits per heavy atom. The summed E-state index contributed by atoms with van der Waals surface area (Å²) in [6, 6.07) is 0. The lowest BCUT2D eigenvalue weighted by Gasteiger charge is -2.41. The third-order valence-corrected chi connectivity index (χ3v) is 6.28. The second kappa shape index (κ2) is 2.65. The fourth-order valence-electron chi connectivity index (χ4n) is 3.40. The van der Waals surface area contributed by atoms with Crippen molar-refractivity contribution in [3.8, 4) is 0 Å². The van der Waals surface area contributed by atoms with E-state index in [9.17, 15) is 14.7 Å². The van der Waals surface area contributed by atoms with Crippen LogP contribution in [-0.4, -0.2) is 16.6 Å². The molecule has 2 saturated carbocycles. The summed E-state index contributed by atoms with van der Waals surface area (Å²) in [5.41, 5.74) is -2.09. The Morgan fingerprint density at radius 1 is 1.40 bits per heavy atom. The first kappa shape index (κ1) is 11.1. The number of hydrogen-bond donors (Lipinski definition) is 0. The molecule has 2 fully saturated rings. The third kappa shape index (κ3) is 0.846. The monoisotopic (exact) mass is 273 g/mol. The highest BCUT2D eigenvalue weighted by molar-refractivity contribution is 9.10.